The molecule has 0 bridgehead atoms. The zero-order chi connectivity index (χ0) is 26.6. The molecule has 2 aromatic heterocycles. The largest absolute Gasteiger partial charge is 0.492 e. The van der Waals surface area contributed by atoms with Gasteiger partial charge in [-0.25, -0.2) is 0 Å². The molecule has 0 spiro atoms. The molecule has 0 aliphatic carbocycles. The van der Waals surface area contributed by atoms with Gasteiger partial charge in [-0.15, -0.1) is 11.3 Å². The summed E-state index contributed by atoms with van der Waals surface area (Å²) in [4.78, 5) is 46.1. The Morgan fingerprint density at radius 3 is 2.43 bits per heavy atom. The lowest BCUT2D eigenvalue weighted by molar-refractivity contribution is -0.131. The minimum absolute atomic E-state index is 0.146. The van der Waals surface area contributed by atoms with Crippen molar-refractivity contribution in [1.29, 1.82) is 0 Å². The van der Waals surface area contributed by atoms with Crippen molar-refractivity contribution < 1.29 is 19.1 Å². The van der Waals surface area contributed by atoms with Gasteiger partial charge in [0.2, 0.25) is 11.8 Å². The predicted molar refractivity (Wildman–Crippen MR) is 144 cm³/mol. The Hall–Kier alpha value is -3.72. The number of hydrogen-bond donors (Lipinski definition) is 2. The Morgan fingerprint density at radius 2 is 1.78 bits per heavy atom. The van der Waals surface area contributed by atoms with Crippen molar-refractivity contribution in [2.45, 2.75) is 39.3 Å². The van der Waals surface area contributed by atoms with E-state index < -0.39 is 18.0 Å². The Labute approximate surface area is 222 Å². The van der Waals surface area contributed by atoms with Crippen LogP contribution in [0.3, 0.4) is 0 Å². The number of nitrogens with one attached hydrogen (secondary N) is 2. The van der Waals surface area contributed by atoms with Crippen molar-refractivity contribution in [3.05, 3.63) is 82.8 Å². The molecule has 0 aliphatic rings. The highest BCUT2D eigenvalue weighted by atomic mass is 32.1. The van der Waals surface area contributed by atoms with E-state index >= 15 is 0 Å². The van der Waals surface area contributed by atoms with Crippen LogP contribution in [0.5, 0.6) is 5.75 Å². The van der Waals surface area contributed by atoms with Crippen molar-refractivity contribution in [3.63, 3.8) is 0 Å². The van der Waals surface area contributed by atoms with Gasteiger partial charge in [0.1, 0.15) is 24.4 Å². The Morgan fingerprint density at radius 1 is 1.00 bits per heavy atom. The summed E-state index contributed by atoms with van der Waals surface area (Å²) in [5.41, 5.74) is 0.357. The van der Waals surface area contributed by atoms with Crippen LogP contribution in [-0.4, -0.2) is 53.3 Å². The fourth-order valence-corrected chi connectivity index (χ4v) is 4.48. The summed E-state index contributed by atoms with van der Waals surface area (Å²) in [6.45, 7) is 6.66. The zero-order valence-electron chi connectivity index (χ0n) is 21.4. The molecular formula is C28H34N4O4S. The number of hydrogen-bond acceptors (Lipinski definition) is 6. The lowest BCUT2D eigenvalue weighted by Crippen LogP contribution is -2.51. The molecule has 8 nitrogen and oxygen atoms in total. The predicted octanol–water partition coefficient (Wildman–Crippen LogP) is 4.07. The zero-order valence-corrected chi connectivity index (χ0v) is 22.2. The number of aromatic nitrogens is 1. The number of carbonyl (C=O) groups is 3. The first-order chi connectivity index (χ1) is 17.9. The van der Waals surface area contributed by atoms with E-state index in [1.54, 1.807) is 25.3 Å². The summed E-state index contributed by atoms with van der Waals surface area (Å²) in [5, 5.41) is 7.52. The van der Waals surface area contributed by atoms with Gasteiger partial charge in [0, 0.05) is 23.8 Å². The van der Waals surface area contributed by atoms with Gasteiger partial charge in [-0.3, -0.25) is 19.4 Å². The number of thiophene rings is 1. The fourth-order valence-electron chi connectivity index (χ4n) is 3.65. The van der Waals surface area contributed by atoms with E-state index in [-0.39, 0.29) is 25.0 Å². The number of para-hydroxylation sites is 1. The normalized spacial score (nSPS) is 12.4. The van der Waals surface area contributed by atoms with Gasteiger partial charge in [0.15, 0.2) is 0 Å². The van der Waals surface area contributed by atoms with E-state index in [1.807, 2.05) is 47.8 Å². The number of pyridine rings is 1. The summed E-state index contributed by atoms with van der Waals surface area (Å²) in [7, 11) is 0. The van der Waals surface area contributed by atoms with E-state index in [0.29, 0.717) is 28.7 Å². The highest BCUT2D eigenvalue weighted by molar-refractivity contribution is 7.10. The Kier molecular flexibility index (Phi) is 10.6. The summed E-state index contributed by atoms with van der Waals surface area (Å²) in [6, 6.07) is 14.5. The first kappa shape index (κ1) is 27.9. The van der Waals surface area contributed by atoms with Gasteiger partial charge in [-0.05, 0) is 55.0 Å². The number of amides is 3. The third-order valence-corrected chi connectivity index (χ3v) is 6.58. The van der Waals surface area contributed by atoms with Gasteiger partial charge >= 0.3 is 0 Å². The monoisotopic (exact) mass is 522 g/mol. The van der Waals surface area contributed by atoms with Crippen LogP contribution in [0.25, 0.3) is 0 Å². The standard InChI is InChI=1S/C28H34N4O4S/c1-20(2)13-15-30-26(33)21(3)31-27(34)25(24-12-8-18-37-24)32(28(35)22-9-7-14-29-19-22)16-17-36-23-10-5-4-6-11-23/h4-12,14,18-21,25H,13,15-17H2,1-3H3,(H,30,33)(H,31,34). The van der Waals surface area contributed by atoms with Crippen molar-refractivity contribution in [1.82, 2.24) is 20.5 Å². The summed E-state index contributed by atoms with van der Waals surface area (Å²) < 4.78 is 5.85. The minimum Gasteiger partial charge on any atom is -0.492 e. The van der Waals surface area contributed by atoms with Crippen molar-refractivity contribution >= 4 is 29.1 Å². The molecule has 196 valence electrons. The number of nitrogens with zero attached hydrogens (tertiary/aromatic N) is 2. The van der Waals surface area contributed by atoms with Crippen molar-refractivity contribution in [2.75, 3.05) is 19.7 Å². The van der Waals surface area contributed by atoms with Crippen molar-refractivity contribution in [3.8, 4) is 5.75 Å². The quantitative estimate of drug-likeness (QED) is 0.352. The molecule has 3 amide bonds. The molecule has 2 atom stereocenters. The third-order valence-electron chi connectivity index (χ3n) is 5.66. The smallest absolute Gasteiger partial charge is 0.256 e. The van der Waals surface area contributed by atoms with Gasteiger partial charge in [-0.1, -0.05) is 38.1 Å². The lowest BCUT2D eigenvalue weighted by atomic mass is 10.1. The van der Waals surface area contributed by atoms with E-state index in [2.05, 4.69) is 29.5 Å². The number of benzene rings is 1. The maximum Gasteiger partial charge on any atom is 0.256 e. The average Bonchev–Trinajstić information content (AvgIpc) is 3.43. The lowest BCUT2D eigenvalue weighted by Gasteiger charge is -2.31. The minimum atomic E-state index is -0.946. The van der Waals surface area contributed by atoms with E-state index in [1.165, 1.54) is 22.4 Å². The second kappa shape index (κ2) is 14.1. The fraction of sp³-hybridized carbons (Fsp3) is 0.357. The van der Waals surface area contributed by atoms with Crippen LogP contribution < -0.4 is 15.4 Å². The first-order valence-electron chi connectivity index (χ1n) is 12.4. The van der Waals surface area contributed by atoms with Crippen molar-refractivity contribution in [2.24, 2.45) is 5.92 Å². The molecule has 0 saturated heterocycles. The first-order valence-corrected chi connectivity index (χ1v) is 13.2. The SMILES string of the molecule is CC(C)CCNC(=O)C(C)NC(=O)C(c1cccs1)N(CCOc1ccccc1)C(=O)c1cccnc1. The summed E-state index contributed by atoms with van der Waals surface area (Å²) >= 11 is 1.37. The molecule has 37 heavy (non-hydrogen) atoms. The molecule has 0 fully saturated rings. The van der Waals surface area contributed by atoms with Crippen LogP contribution in [0.2, 0.25) is 0 Å². The Balaban J connectivity index is 1.81. The second-order valence-corrected chi connectivity index (χ2v) is 10.0. The molecule has 0 radical (unpaired) electrons. The highest BCUT2D eigenvalue weighted by Gasteiger charge is 2.34. The summed E-state index contributed by atoms with van der Waals surface area (Å²) in [5.74, 6) is 0.0633. The van der Waals surface area contributed by atoms with Gasteiger partial charge in [0.25, 0.3) is 5.91 Å². The average molecular weight is 523 g/mol. The maximum atomic E-state index is 13.6. The highest BCUT2D eigenvalue weighted by Crippen LogP contribution is 2.27. The van der Waals surface area contributed by atoms with E-state index in [4.69, 9.17) is 4.74 Å². The van der Waals surface area contributed by atoms with Crippen LogP contribution in [0.4, 0.5) is 0 Å². The van der Waals surface area contributed by atoms with Gasteiger partial charge in [0.05, 0.1) is 12.1 Å². The number of rotatable bonds is 13. The molecule has 0 saturated carbocycles. The summed E-state index contributed by atoms with van der Waals surface area (Å²) in [6.07, 6.45) is 3.91. The van der Waals surface area contributed by atoms with Crippen LogP contribution in [-0.2, 0) is 9.59 Å². The molecule has 2 N–H and O–H groups in total. The molecule has 3 rings (SSSR count). The molecule has 3 aromatic rings. The molecule has 2 unspecified atom stereocenters. The van der Waals surface area contributed by atoms with Crippen LogP contribution in [0.15, 0.2) is 72.4 Å². The topological polar surface area (TPSA) is 101 Å². The molecule has 2 heterocycles. The second-order valence-electron chi connectivity index (χ2n) is 9.02. The molecular weight excluding hydrogens is 488 g/mol. The van der Waals surface area contributed by atoms with Crippen LogP contribution in [0, 0.1) is 5.92 Å². The Bertz CT molecular complexity index is 1120. The molecule has 1 aromatic carbocycles. The van der Waals surface area contributed by atoms with Crippen LogP contribution >= 0.6 is 11.3 Å². The van der Waals surface area contributed by atoms with Gasteiger partial charge in [-0.2, -0.15) is 0 Å². The number of carbonyl (C=O) groups excluding carboxylic acids is 3. The number of ether oxygens (including phenoxy) is 1. The van der Waals surface area contributed by atoms with Crippen LogP contribution in [0.1, 0.15) is 48.5 Å². The van der Waals surface area contributed by atoms with Gasteiger partial charge < -0.3 is 20.3 Å². The van der Waals surface area contributed by atoms with E-state index in [9.17, 15) is 14.4 Å². The molecule has 9 heteroatoms. The van der Waals surface area contributed by atoms with E-state index in [0.717, 1.165) is 6.42 Å². The maximum absolute atomic E-state index is 13.6. The third kappa shape index (κ3) is 8.42. The molecule has 0 aliphatic heterocycles.